The highest BCUT2D eigenvalue weighted by atomic mass is 16.6. The Hall–Kier alpha value is -2.41. The molecular formula is C23H35NO6. The number of aliphatic hydroxyl groups is 1. The highest BCUT2D eigenvalue weighted by Crippen LogP contribution is 2.21. The molecule has 0 bridgehead atoms. The van der Waals surface area contributed by atoms with Crippen LogP contribution in [0.4, 0.5) is 4.79 Å². The summed E-state index contributed by atoms with van der Waals surface area (Å²) in [4.78, 5) is 35.0. The van der Waals surface area contributed by atoms with Gasteiger partial charge in [0.2, 0.25) is 0 Å². The second-order valence-electron chi connectivity index (χ2n) is 8.21. The van der Waals surface area contributed by atoms with Gasteiger partial charge in [0, 0.05) is 19.4 Å². The molecule has 1 aromatic rings. The molecule has 0 aromatic heterocycles. The van der Waals surface area contributed by atoms with E-state index in [0.717, 1.165) is 25.7 Å². The van der Waals surface area contributed by atoms with Gasteiger partial charge in [0.25, 0.3) is 0 Å². The lowest BCUT2D eigenvalue weighted by atomic mass is 10.0. The Morgan fingerprint density at radius 3 is 2.20 bits per heavy atom. The smallest absolute Gasteiger partial charge is 0.407 e. The van der Waals surface area contributed by atoms with Crippen molar-refractivity contribution in [1.82, 2.24) is 5.32 Å². The molecule has 0 aliphatic rings. The molecule has 0 aliphatic heterocycles. The fourth-order valence-electron chi connectivity index (χ4n) is 2.70. The summed E-state index contributed by atoms with van der Waals surface area (Å²) in [5.74, 6) is -0.161. The Balaban J connectivity index is 2.18. The van der Waals surface area contributed by atoms with Crippen molar-refractivity contribution in [3.63, 3.8) is 0 Å². The van der Waals surface area contributed by atoms with E-state index >= 15 is 0 Å². The number of unbranched alkanes of at least 4 members (excludes halogenated alkanes) is 4. The molecule has 7 heteroatoms. The minimum atomic E-state index is -1.17. The van der Waals surface area contributed by atoms with E-state index < -0.39 is 17.8 Å². The fraction of sp³-hybridized carbons (Fsp3) is 0.609. The van der Waals surface area contributed by atoms with Crippen molar-refractivity contribution in [3.05, 3.63) is 29.8 Å². The van der Waals surface area contributed by atoms with Crippen molar-refractivity contribution in [3.8, 4) is 5.75 Å². The van der Waals surface area contributed by atoms with Crippen molar-refractivity contribution in [2.45, 2.75) is 84.3 Å². The first-order chi connectivity index (χ1) is 14.1. The summed E-state index contributed by atoms with van der Waals surface area (Å²) in [7, 11) is 0. The van der Waals surface area contributed by atoms with Gasteiger partial charge in [-0.15, -0.1) is 0 Å². The highest BCUT2D eigenvalue weighted by molar-refractivity contribution is 5.84. The van der Waals surface area contributed by atoms with E-state index in [9.17, 15) is 19.5 Å². The van der Waals surface area contributed by atoms with Gasteiger partial charge in [-0.25, -0.2) is 4.79 Å². The Labute approximate surface area is 179 Å². The normalized spacial score (nSPS) is 12.2. The molecule has 168 valence electrons. The van der Waals surface area contributed by atoms with Crippen LogP contribution in [-0.4, -0.2) is 35.1 Å². The summed E-state index contributed by atoms with van der Waals surface area (Å²) in [5.41, 5.74) is -0.00465. The summed E-state index contributed by atoms with van der Waals surface area (Å²) < 4.78 is 10.2. The SMILES string of the molecule is CCC(=O)Oc1ccc(C(O)C(=O)CCCCCCCNC(=O)OC(C)(C)C)cc1. The Morgan fingerprint density at radius 2 is 1.60 bits per heavy atom. The first-order valence-electron chi connectivity index (χ1n) is 10.6. The van der Waals surface area contributed by atoms with E-state index in [2.05, 4.69) is 5.32 Å². The maximum absolute atomic E-state index is 12.2. The lowest BCUT2D eigenvalue weighted by molar-refractivity contribution is -0.134. The van der Waals surface area contributed by atoms with Gasteiger partial charge in [0.1, 0.15) is 17.5 Å². The van der Waals surface area contributed by atoms with Crippen molar-refractivity contribution >= 4 is 17.8 Å². The van der Waals surface area contributed by atoms with Crippen LogP contribution in [0.25, 0.3) is 0 Å². The largest absolute Gasteiger partial charge is 0.444 e. The van der Waals surface area contributed by atoms with E-state index in [1.165, 1.54) is 0 Å². The van der Waals surface area contributed by atoms with Crippen molar-refractivity contribution in [1.29, 1.82) is 0 Å². The minimum absolute atomic E-state index is 0.222. The van der Waals surface area contributed by atoms with Crippen molar-refractivity contribution < 1.29 is 29.0 Å². The van der Waals surface area contributed by atoms with Crippen LogP contribution in [0.5, 0.6) is 5.75 Å². The topological polar surface area (TPSA) is 102 Å². The predicted molar refractivity (Wildman–Crippen MR) is 114 cm³/mol. The third-order valence-corrected chi connectivity index (χ3v) is 4.29. The summed E-state index contributed by atoms with van der Waals surface area (Å²) >= 11 is 0. The maximum atomic E-state index is 12.2. The number of esters is 1. The molecule has 30 heavy (non-hydrogen) atoms. The lowest BCUT2D eigenvalue weighted by Gasteiger charge is -2.19. The number of amides is 1. The number of Topliss-reactive ketones (excluding diaryl/α,β-unsaturated/α-hetero) is 1. The summed E-state index contributed by atoms with van der Waals surface area (Å²) in [5, 5.41) is 12.9. The summed E-state index contributed by atoms with van der Waals surface area (Å²) in [6.07, 6.45) is 3.37. The number of nitrogens with one attached hydrogen (secondary N) is 1. The zero-order valence-electron chi connectivity index (χ0n) is 18.5. The Kier molecular flexibility index (Phi) is 11.1. The maximum Gasteiger partial charge on any atom is 0.407 e. The first-order valence-corrected chi connectivity index (χ1v) is 10.6. The summed E-state index contributed by atoms with van der Waals surface area (Å²) in [6.45, 7) is 7.74. The van der Waals surface area contributed by atoms with Gasteiger partial charge in [-0.1, -0.05) is 38.3 Å². The molecule has 1 atom stereocenters. The Bertz CT molecular complexity index is 678. The van der Waals surface area contributed by atoms with Crippen LogP contribution in [0.3, 0.4) is 0 Å². The van der Waals surface area contributed by atoms with Crippen LogP contribution in [0.15, 0.2) is 24.3 Å². The minimum Gasteiger partial charge on any atom is -0.444 e. The average molecular weight is 422 g/mol. The highest BCUT2D eigenvalue weighted by Gasteiger charge is 2.17. The molecule has 0 heterocycles. The standard InChI is InChI=1S/C23H35NO6/c1-5-20(26)29-18-14-12-17(13-15-18)21(27)19(25)11-9-7-6-8-10-16-24-22(28)30-23(2,3)4/h12-15,21,27H,5-11,16H2,1-4H3,(H,24,28). The molecular weight excluding hydrogens is 386 g/mol. The third-order valence-electron chi connectivity index (χ3n) is 4.29. The number of hydrogen-bond donors (Lipinski definition) is 2. The molecule has 1 unspecified atom stereocenters. The van der Waals surface area contributed by atoms with Crippen LogP contribution >= 0.6 is 0 Å². The van der Waals surface area contributed by atoms with E-state index in [-0.39, 0.29) is 18.2 Å². The molecule has 1 aromatic carbocycles. The number of hydrogen-bond acceptors (Lipinski definition) is 6. The second kappa shape index (κ2) is 13.0. The molecule has 0 saturated heterocycles. The van der Waals surface area contributed by atoms with Gasteiger partial charge in [0.05, 0.1) is 0 Å². The zero-order valence-corrected chi connectivity index (χ0v) is 18.5. The fourth-order valence-corrected chi connectivity index (χ4v) is 2.70. The number of ether oxygens (including phenoxy) is 2. The van der Waals surface area contributed by atoms with Gasteiger partial charge >= 0.3 is 12.1 Å². The number of benzene rings is 1. The van der Waals surface area contributed by atoms with E-state index in [0.29, 0.717) is 30.7 Å². The third kappa shape index (κ3) is 11.0. The second-order valence-corrected chi connectivity index (χ2v) is 8.21. The number of rotatable bonds is 12. The number of alkyl carbamates (subject to hydrolysis) is 1. The molecule has 2 N–H and O–H groups in total. The van der Waals surface area contributed by atoms with Crippen LogP contribution in [0, 0.1) is 0 Å². The van der Waals surface area contributed by atoms with Gasteiger partial charge in [-0.05, 0) is 51.3 Å². The number of carbonyl (C=O) groups is 3. The van der Waals surface area contributed by atoms with Crippen molar-refractivity contribution in [2.75, 3.05) is 6.54 Å². The predicted octanol–water partition coefficient (Wildman–Crippen LogP) is 4.47. The number of aliphatic hydroxyl groups excluding tert-OH is 1. The Morgan fingerprint density at radius 1 is 1.00 bits per heavy atom. The molecule has 0 radical (unpaired) electrons. The van der Waals surface area contributed by atoms with Crippen LogP contribution in [0.1, 0.15) is 84.3 Å². The van der Waals surface area contributed by atoms with E-state index in [4.69, 9.17) is 9.47 Å². The molecule has 1 amide bonds. The first kappa shape index (κ1) is 25.6. The molecule has 1 rings (SSSR count). The van der Waals surface area contributed by atoms with Gasteiger partial charge in [-0.2, -0.15) is 0 Å². The number of carbonyl (C=O) groups excluding carboxylic acids is 3. The quantitative estimate of drug-likeness (QED) is 0.293. The molecule has 0 aliphatic carbocycles. The molecule has 0 spiro atoms. The number of ketones is 1. The van der Waals surface area contributed by atoms with E-state index in [1.54, 1.807) is 31.2 Å². The van der Waals surface area contributed by atoms with Gasteiger partial charge in [-0.3, -0.25) is 9.59 Å². The zero-order chi connectivity index (χ0) is 22.6. The van der Waals surface area contributed by atoms with E-state index in [1.807, 2.05) is 20.8 Å². The molecule has 0 fully saturated rings. The van der Waals surface area contributed by atoms with Crippen LogP contribution in [-0.2, 0) is 14.3 Å². The molecule has 7 nitrogen and oxygen atoms in total. The average Bonchev–Trinajstić information content (AvgIpc) is 2.68. The monoisotopic (exact) mass is 421 g/mol. The lowest BCUT2D eigenvalue weighted by Crippen LogP contribution is -2.32. The van der Waals surface area contributed by atoms with Crippen LogP contribution < -0.4 is 10.1 Å². The van der Waals surface area contributed by atoms with Crippen LogP contribution in [0.2, 0.25) is 0 Å². The van der Waals surface area contributed by atoms with Gasteiger partial charge in [0.15, 0.2) is 5.78 Å². The summed E-state index contributed by atoms with van der Waals surface area (Å²) in [6, 6.07) is 6.34. The molecule has 0 saturated carbocycles. The van der Waals surface area contributed by atoms with Gasteiger partial charge < -0.3 is 19.9 Å². The van der Waals surface area contributed by atoms with Crippen molar-refractivity contribution in [2.24, 2.45) is 0 Å².